The number of benzene rings is 1. The highest BCUT2D eigenvalue weighted by atomic mass is 35.5. The smallest absolute Gasteiger partial charge is 0.106 e. The SMILES string of the molecule is C=O.N#Cc1c(Cl)c(Cl)c(Cl)c(C#N)c1Cl. The van der Waals surface area contributed by atoms with E-state index in [0.29, 0.717) is 0 Å². The van der Waals surface area contributed by atoms with Gasteiger partial charge in [0.1, 0.15) is 18.9 Å². The van der Waals surface area contributed by atoms with Gasteiger partial charge in [-0.15, -0.1) is 0 Å². The molecule has 16 heavy (non-hydrogen) atoms. The number of nitriles is 2. The second kappa shape index (κ2) is 6.58. The molecule has 0 bridgehead atoms. The first kappa shape index (κ1) is 15.0. The highest BCUT2D eigenvalue weighted by Gasteiger charge is 2.19. The summed E-state index contributed by atoms with van der Waals surface area (Å²) in [5, 5.41) is 17.2. The summed E-state index contributed by atoms with van der Waals surface area (Å²) in [6.07, 6.45) is 0. The monoisotopic (exact) mass is 294 g/mol. The molecule has 1 aromatic rings. The predicted octanol–water partition coefficient (Wildman–Crippen LogP) is 3.86. The summed E-state index contributed by atoms with van der Waals surface area (Å²) in [6.45, 7) is 2.00. The lowest BCUT2D eigenvalue weighted by atomic mass is 10.1. The van der Waals surface area contributed by atoms with Gasteiger partial charge < -0.3 is 4.79 Å². The zero-order valence-corrected chi connectivity index (χ0v) is 10.5. The van der Waals surface area contributed by atoms with Crippen LogP contribution in [0.1, 0.15) is 11.1 Å². The first-order valence-electron chi connectivity index (χ1n) is 3.49. The summed E-state index contributed by atoms with van der Waals surface area (Å²) in [5.41, 5.74) is -0.0847. The minimum atomic E-state index is -0.0746. The van der Waals surface area contributed by atoms with Gasteiger partial charge in [-0.2, -0.15) is 10.5 Å². The van der Waals surface area contributed by atoms with Crippen molar-refractivity contribution in [3.8, 4) is 12.1 Å². The van der Waals surface area contributed by atoms with Crippen molar-refractivity contribution in [3.63, 3.8) is 0 Å². The number of carbonyl (C=O) groups excluding carboxylic acids is 1. The molecule has 1 aromatic carbocycles. The molecule has 0 radical (unpaired) electrons. The minimum absolute atomic E-state index is 0.0363. The van der Waals surface area contributed by atoms with E-state index in [2.05, 4.69) is 0 Å². The van der Waals surface area contributed by atoms with E-state index in [1.54, 1.807) is 12.1 Å². The number of carbonyl (C=O) groups is 1. The third-order valence-electron chi connectivity index (χ3n) is 1.49. The molecule has 0 N–H and O–H groups in total. The topological polar surface area (TPSA) is 64.7 Å². The molecular weight excluding hydrogens is 294 g/mol. The van der Waals surface area contributed by atoms with E-state index >= 15 is 0 Å². The zero-order chi connectivity index (χ0) is 12.9. The Bertz CT molecular complexity index is 461. The molecule has 1 rings (SSSR count). The van der Waals surface area contributed by atoms with E-state index in [-0.39, 0.29) is 31.2 Å². The third kappa shape index (κ3) is 2.58. The lowest BCUT2D eigenvalue weighted by Crippen LogP contribution is -1.89. The lowest BCUT2D eigenvalue weighted by molar-refractivity contribution is -0.0979. The van der Waals surface area contributed by atoms with Crippen LogP contribution in [0.4, 0.5) is 0 Å². The highest BCUT2D eigenvalue weighted by molar-refractivity contribution is 6.50. The van der Waals surface area contributed by atoms with Gasteiger partial charge in [-0.1, -0.05) is 46.4 Å². The van der Waals surface area contributed by atoms with E-state index in [4.69, 9.17) is 61.7 Å². The molecule has 0 aliphatic heterocycles. The van der Waals surface area contributed by atoms with Gasteiger partial charge in [0.25, 0.3) is 0 Å². The number of rotatable bonds is 0. The van der Waals surface area contributed by atoms with Crippen LogP contribution in [0.15, 0.2) is 0 Å². The zero-order valence-electron chi connectivity index (χ0n) is 7.52. The van der Waals surface area contributed by atoms with E-state index < -0.39 is 0 Å². The van der Waals surface area contributed by atoms with E-state index in [0.717, 1.165) is 0 Å². The van der Waals surface area contributed by atoms with Crippen molar-refractivity contribution < 1.29 is 4.79 Å². The first-order valence-corrected chi connectivity index (χ1v) is 5.00. The van der Waals surface area contributed by atoms with Crippen molar-refractivity contribution >= 4 is 53.2 Å². The summed E-state index contributed by atoms with van der Waals surface area (Å²) in [7, 11) is 0. The first-order chi connectivity index (χ1) is 7.54. The Morgan fingerprint density at radius 1 is 0.750 bits per heavy atom. The number of hydrogen-bond donors (Lipinski definition) is 0. The normalized spacial score (nSPS) is 8.38. The molecular formula is C9H2Cl4N2O. The quantitative estimate of drug-likeness (QED) is 0.539. The van der Waals surface area contributed by atoms with Crippen LogP contribution in [0.25, 0.3) is 0 Å². The van der Waals surface area contributed by atoms with Gasteiger partial charge in [-0.05, 0) is 0 Å². The van der Waals surface area contributed by atoms with Crippen molar-refractivity contribution in [3.05, 3.63) is 31.2 Å². The molecule has 0 atom stereocenters. The molecule has 0 aromatic heterocycles. The largest absolute Gasteiger partial charge is 0.307 e. The van der Waals surface area contributed by atoms with E-state index in [9.17, 15) is 0 Å². The maximum absolute atomic E-state index is 8.70. The van der Waals surface area contributed by atoms with E-state index in [1.807, 2.05) is 6.79 Å². The summed E-state index contributed by atoms with van der Waals surface area (Å²) in [6, 6.07) is 3.50. The molecule has 82 valence electrons. The number of halogens is 4. The summed E-state index contributed by atoms with van der Waals surface area (Å²) in [4.78, 5) is 8.00. The fourth-order valence-electron chi connectivity index (χ4n) is 0.830. The van der Waals surface area contributed by atoms with Crippen molar-refractivity contribution in [1.82, 2.24) is 0 Å². The Balaban J connectivity index is 0.00000106. The second-order valence-corrected chi connectivity index (χ2v) is 3.74. The summed E-state index contributed by atoms with van der Waals surface area (Å²) in [5.74, 6) is 0. The van der Waals surface area contributed by atoms with Crippen molar-refractivity contribution in [2.24, 2.45) is 0 Å². The lowest BCUT2D eigenvalue weighted by Gasteiger charge is -2.05. The highest BCUT2D eigenvalue weighted by Crippen LogP contribution is 2.40. The van der Waals surface area contributed by atoms with E-state index in [1.165, 1.54) is 0 Å². The molecule has 0 aliphatic rings. The van der Waals surface area contributed by atoms with Crippen LogP contribution in [0, 0.1) is 22.7 Å². The minimum Gasteiger partial charge on any atom is -0.307 e. The summed E-state index contributed by atoms with van der Waals surface area (Å²) >= 11 is 22.8. The molecule has 0 heterocycles. The number of nitrogens with zero attached hydrogens (tertiary/aromatic N) is 2. The molecule has 0 saturated heterocycles. The molecule has 0 fully saturated rings. The average molecular weight is 296 g/mol. The average Bonchev–Trinajstić information content (AvgIpc) is 2.30. The van der Waals surface area contributed by atoms with Crippen LogP contribution >= 0.6 is 46.4 Å². The fraction of sp³-hybridized carbons (Fsp3) is 0. The van der Waals surface area contributed by atoms with Crippen molar-refractivity contribution in [2.45, 2.75) is 0 Å². The second-order valence-electron chi connectivity index (χ2n) is 2.23. The van der Waals surface area contributed by atoms with Gasteiger partial charge >= 0.3 is 0 Å². The Morgan fingerprint density at radius 2 is 1.06 bits per heavy atom. The Kier molecular flexibility index (Phi) is 6.18. The molecule has 7 heteroatoms. The molecule has 0 aliphatic carbocycles. The Morgan fingerprint density at radius 3 is 1.31 bits per heavy atom. The standard InChI is InChI=1S/C8Cl4N2.CH2O/c9-5-3(1-13)6(10)8(12)7(11)4(5)2-14;1-2/h;1H2. The maximum Gasteiger partial charge on any atom is 0.106 e. The van der Waals surface area contributed by atoms with Gasteiger partial charge in [0.15, 0.2) is 0 Å². The van der Waals surface area contributed by atoms with Gasteiger partial charge in [-0.25, -0.2) is 0 Å². The summed E-state index contributed by atoms with van der Waals surface area (Å²) < 4.78 is 0. The Hall–Kier alpha value is -0.970. The van der Waals surface area contributed by atoms with Crippen LogP contribution in [0.3, 0.4) is 0 Å². The molecule has 0 amide bonds. The van der Waals surface area contributed by atoms with Crippen LogP contribution in [0.5, 0.6) is 0 Å². The van der Waals surface area contributed by atoms with Crippen LogP contribution in [-0.4, -0.2) is 6.79 Å². The Labute approximate surface area is 112 Å². The van der Waals surface area contributed by atoms with Crippen LogP contribution < -0.4 is 0 Å². The van der Waals surface area contributed by atoms with Gasteiger partial charge in [0.05, 0.1) is 31.2 Å². The van der Waals surface area contributed by atoms with Gasteiger partial charge in [0, 0.05) is 0 Å². The number of hydrogen-bond acceptors (Lipinski definition) is 3. The maximum atomic E-state index is 8.70. The molecule has 0 saturated carbocycles. The van der Waals surface area contributed by atoms with Gasteiger partial charge in [0.2, 0.25) is 0 Å². The molecule has 0 spiro atoms. The fourth-order valence-corrected chi connectivity index (χ4v) is 1.90. The van der Waals surface area contributed by atoms with Crippen LogP contribution in [-0.2, 0) is 4.79 Å². The third-order valence-corrected chi connectivity index (χ3v) is 3.19. The predicted molar refractivity (Wildman–Crippen MR) is 63.0 cm³/mol. The molecule has 3 nitrogen and oxygen atoms in total. The molecule has 0 unspecified atom stereocenters. The van der Waals surface area contributed by atoms with Crippen molar-refractivity contribution in [1.29, 1.82) is 10.5 Å². The van der Waals surface area contributed by atoms with Crippen molar-refractivity contribution in [2.75, 3.05) is 0 Å². The van der Waals surface area contributed by atoms with Gasteiger partial charge in [-0.3, -0.25) is 0 Å². The van der Waals surface area contributed by atoms with Crippen LogP contribution in [0.2, 0.25) is 20.1 Å².